The molecule has 2 heterocycles. The average molecular weight is 245 g/mol. The number of nitrogen functional groups attached to an aromatic ring is 1. The van der Waals surface area contributed by atoms with Crippen LogP contribution in [0.15, 0.2) is 29.5 Å². The van der Waals surface area contributed by atoms with E-state index < -0.39 is 5.91 Å². The number of nitrogens with two attached hydrogens (primary N) is 1. The summed E-state index contributed by atoms with van der Waals surface area (Å²) in [7, 11) is 0. The largest absolute Gasteiger partial charge is 0.382 e. The molecule has 0 unspecified atom stereocenters. The molecule has 0 aliphatic carbocycles. The van der Waals surface area contributed by atoms with Crippen molar-refractivity contribution in [2.75, 3.05) is 11.1 Å². The number of H-pyrrole nitrogens is 1. The molecule has 0 aromatic carbocycles. The standard InChI is InChI=1S/C11H11N5O2/c1-6-4-14-10(12)9(15-6)11(18)16-7-5-13-3-2-8(7)17/h2-5H,1H3,(H2,12,14)(H,13,17)(H,16,18). The Bertz CT molecular complexity index is 650. The van der Waals surface area contributed by atoms with Crippen molar-refractivity contribution in [1.82, 2.24) is 15.0 Å². The van der Waals surface area contributed by atoms with E-state index in [1.165, 1.54) is 24.7 Å². The van der Waals surface area contributed by atoms with Crippen LogP contribution in [0.5, 0.6) is 0 Å². The maximum Gasteiger partial charge on any atom is 0.278 e. The number of anilines is 2. The van der Waals surface area contributed by atoms with E-state index in [-0.39, 0.29) is 22.6 Å². The van der Waals surface area contributed by atoms with E-state index in [1.54, 1.807) is 6.92 Å². The maximum absolute atomic E-state index is 11.9. The van der Waals surface area contributed by atoms with Gasteiger partial charge in [-0.3, -0.25) is 9.59 Å². The van der Waals surface area contributed by atoms with Crippen LogP contribution in [0, 0.1) is 6.92 Å². The van der Waals surface area contributed by atoms with Crippen molar-refractivity contribution in [1.29, 1.82) is 0 Å². The van der Waals surface area contributed by atoms with Gasteiger partial charge in [-0.15, -0.1) is 0 Å². The fourth-order valence-corrected chi connectivity index (χ4v) is 1.35. The lowest BCUT2D eigenvalue weighted by atomic mass is 10.3. The number of aromatic nitrogens is 3. The summed E-state index contributed by atoms with van der Waals surface area (Å²) in [6.45, 7) is 1.69. The van der Waals surface area contributed by atoms with Crippen molar-refractivity contribution in [3.8, 4) is 0 Å². The minimum Gasteiger partial charge on any atom is -0.382 e. The topological polar surface area (TPSA) is 114 Å². The highest BCUT2D eigenvalue weighted by Gasteiger charge is 2.14. The summed E-state index contributed by atoms with van der Waals surface area (Å²) in [5.74, 6) is -0.550. The van der Waals surface area contributed by atoms with Crippen LogP contribution in [0.3, 0.4) is 0 Å². The Morgan fingerprint density at radius 1 is 1.50 bits per heavy atom. The number of carbonyl (C=O) groups excluding carboxylic acids is 1. The Labute approximate surface area is 102 Å². The fourth-order valence-electron chi connectivity index (χ4n) is 1.35. The zero-order chi connectivity index (χ0) is 13.1. The van der Waals surface area contributed by atoms with Crippen molar-refractivity contribution >= 4 is 17.4 Å². The Balaban J connectivity index is 2.31. The third-order valence-electron chi connectivity index (χ3n) is 2.21. The molecule has 0 fully saturated rings. The number of hydrogen-bond acceptors (Lipinski definition) is 5. The smallest absolute Gasteiger partial charge is 0.278 e. The van der Waals surface area contributed by atoms with Crippen molar-refractivity contribution in [3.05, 3.63) is 46.3 Å². The molecule has 0 spiro atoms. The molecule has 4 N–H and O–H groups in total. The van der Waals surface area contributed by atoms with Crippen LogP contribution < -0.4 is 16.5 Å². The number of rotatable bonds is 2. The minimum atomic E-state index is -0.569. The molecule has 0 aliphatic heterocycles. The van der Waals surface area contributed by atoms with Crippen molar-refractivity contribution in [2.24, 2.45) is 0 Å². The van der Waals surface area contributed by atoms with E-state index in [9.17, 15) is 9.59 Å². The summed E-state index contributed by atoms with van der Waals surface area (Å²) < 4.78 is 0. The second-order valence-electron chi connectivity index (χ2n) is 3.62. The van der Waals surface area contributed by atoms with Crippen LogP contribution in [0.2, 0.25) is 0 Å². The van der Waals surface area contributed by atoms with Crippen LogP contribution in [0.1, 0.15) is 16.2 Å². The molecule has 7 nitrogen and oxygen atoms in total. The molecule has 0 atom stereocenters. The Kier molecular flexibility index (Phi) is 3.05. The molecule has 0 saturated carbocycles. The van der Waals surface area contributed by atoms with Gasteiger partial charge in [0.2, 0.25) is 5.43 Å². The van der Waals surface area contributed by atoms with E-state index in [0.717, 1.165) is 0 Å². The molecule has 1 amide bonds. The van der Waals surface area contributed by atoms with Crippen molar-refractivity contribution in [3.63, 3.8) is 0 Å². The summed E-state index contributed by atoms with van der Waals surface area (Å²) in [5.41, 5.74) is 5.95. The van der Waals surface area contributed by atoms with Gasteiger partial charge in [-0.25, -0.2) is 9.97 Å². The number of carbonyl (C=O) groups is 1. The first-order valence-electron chi connectivity index (χ1n) is 5.15. The third kappa shape index (κ3) is 2.34. The monoisotopic (exact) mass is 245 g/mol. The Morgan fingerprint density at radius 2 is 2.28 bits per heavy atom. The number of amides is 1. The maximum atomic E-state index is 11.9. The lowest BCUT2D eigenvalue weighted by Crippen LogP contribution is -2.21. The van der Waals surface area contributed by atoms with E-state index in [1.807, 2.05) is 0 Å². The number of aryl methyl sites for hydroxylation is 1. The van der Waals surface area contributed by atoms with Gasteiger partial charge in [0.25, 0.3) is 5.91 Å². The first kappa shape index (κ1) is 11.8. The van der Waals surface area contributed by atoms with Gasteiger partial charge in [0.05, 0.1) is 11.9 Å². The SMILES string of the molecule is Cc1cnc(N)c(C(=O)Nc2c[nH]ccc2=O)n1. The van der Waals surface area contributed by atoms with Crippen LogP contribution in [-0.2, 0) is 0 Å². The molecule has 2 aromatic rings. The molecule has 0 radical (unpaired) electrons. The summed E-state index contributed by atoms with van der Waals surface area (Å²) in [4.78, 5) is 33.9. The lowest BCUT2D eigenvalue weighted by molar-refractivity contribution is 0.102. The van der Waals surface area contributed by atoms with E-state index in [2.05, 4.69) is 20.3 Å². The molecule has 0 aliphatic rings. The van der Waals surface area contributed by atoms with Gasteiger partial charge in [0, 0.05) is 18.5 Å². The molecule has 2 rings (SSSR count). The normalized spacial score (nSPS) is 10.1. The van der Waals surface area contributed by atoms with Gasteiger partial charge in [0.1, 0.15) is 5.69 Å². The van der Waals surface area contributed by atoms with Crippen LogP contribution >= 0.6 is 0 Å². The Hall–Kier alpha value is -2.70. The number of nitrogens with one attached hydrogen (secondary N) is 2. The molecule has 0 saturated heterocycles. The van der Waals surface area contributed by atoms with Crippen LogP contribution in [0.25, 0.3) is 0 Å². The number of hydrogen-bond donors (Lipinski definition) is 3. The zero-order valence-electron chi connectivity index (χ0n) is 9.60. The molecular weight excluding hydrogens is 234 g/mol. The summed E-state index contributed by atoms with van der Waals surface area (Å²) in [6.07, 6.45) is 4.32. The number of pyridine rings is 1. The molecule has 18 heavy (non-hydrogen) atoms. The predicted molar refractivity (Wildman–Crippen MR) is 66.2 cm³/mol. The van der Waals surface area contributed by atoms with Gasteiger partial charge in [-0.1, -0.05) is 0 Å². The van der Waals surface area contributed by atoms with Crippen molar-refractivity contribution in [2.45, 2.75) is 6.92 Å². The number of aromatic amines is 1. The Morgan fingerprint density at radius 3 is 3.00 bits per heavy atom. The zero-order valence-corrected chi connectivity index (χ0v) is 9.60. The first-order chi connectivity index (χ1) is 8.58. The molecule has 7 heteroatoms. The summed E-state index contributed by atoms with van der Waals surface area (Å²) in [6, 6.07) is 1.31. The fraction of sp³-hybridized carbons (Fsp3) is 0.0909. The minimum absolute atomic E-state index is 0.00162. The highest BCUT2D eigenvalue weighted by molar-refractivity contribution is 6.05. The predicted octanol–water partition coefficient (Wildman–Crippen LogP) is 0.308. The van der Waals surface area contributed by atoms with E-state index in [4.69, 9.17) is 5.73 Å². The van der Waals surface area contributed by atoms with Crippen LogP contribution in [-0.4, -0.2) is 20.9 Å². The molecular formula is C11H11N5O2. The lowest BCUT2D eigenvalue weighted by Gasteiger charge is -2.05. The van der Waals surface area contributed by atoms with Gasteiger partial charge in [-0.2, -0.15) is 0 Å². The molecule has 0 bridgehead atoms. The van der Waals surface area contributed by atoms with Gasteiger partial charge >= 0.3 is 0 Å². The number of nitrogens with zero attached hydrogens (tertiary/aromatic N) is 2. The summed E-state index contributed by atoms with van der Waals surface area (Å²) in [5, 5.41) is 2.43. The highest BCUT2D eigenvalue weighted by atomic mass is 16.2. The molecule has 2 aromatic heterocycles. The highest BCUT2D eigenvalue weighted by Crippen LogP contribution is 2.08. The average Bonchev–Trinajstić information content (AvgIpc) is 2.35. The van der Waals surface area contributed by atoms with E-state index >= 15 is 0 Å². The first-order valence-corrected chi connectivity index (χ1v) is 5.15. The van der Waals surface area contributed by atoms with Crippen molar-refractivity contribution < 1.29 is 4.79 Å². The third-order valence-corrected chi connectivity index (χ3v) is 2.21. The second-order valence-corrected chi connectivity index (χ2v) is 3.62. The van der Waals surface area contributed by atoms with Gasteiger partial charge in [-0.05, 0) is 6.92 Å². The summed E-state index contributed by atoms with van der Waals surface area (Å²) >= 11 is 0. The quantitative estimate of drug-likeness (QED) is 0.704. The van der Waals surface area contributed by atoms with Gasteiger partial charge in [0.15, 0.2) is 11.5 Å². The second kappa shape index (κ2) is 4.66. The van der Waals surface area contributed by atoms with Gasteiger partial charge < -0.3 is 16.0 Å². The molecule has 92 valence electrons. The van der Waals surface area contributed by atoms with E-state index in [0.29, 0.717) is 5.69 Å². The van der Waals surface area contributed by atoms with Crippen LogP contribution in [0.4, 0.5) is 11.5 Å².